The van der Waals surface area contributed by atoms with Gasteiger partial charge in [0.05, 0.1) is 36.1 Å². The lowest BCUT2D eigenvalue weighted by atomic mass is 10.1. The number of aromatic nitrogens is 4. The van der Waals surface area contributed by atoms with Crippen LogP contribution in [0.3, 0.4) is 0 Å². The van der Waals surface area contributed by atoms with Crippen molar-refractivity contribution < 1.29 is 9.26 Å². The maximum Gasteiger partial charge on any atom is 0.160 e. The van der Waals surface area contributed by atoms with Crippen molar-refractivity contribution in [2.24, 2.45) is 5.73 Å². The topological polar surface area (TPSA) is 103 Å². The molecule has 0 aliphatic carbocycles. The molecule has 3 aromatic rings. The van der Waals surface area contributed by atoms with Crippen LogP contribution < -0.4 is 5.73 Å². The molecule has 0 bridgehead atoms. The lowest BCUT2D eigenvalue weighted by Gasteiger charge is -2.14. The van der Waals surface area contributed by atoms with E-state index in [-0.39, 0.29) is 0 Å². The first-order valence-corrected chi connectivity index (χ1v) is 6.95. The number of rotatable bonds is 3. The van der Waals surface area contributed by atoms with Gasteiger partial charge in [0.1, 0.15) is 11.5 Å². The van der Waals surface area contributed by atoms with Crippen molar-refractivity contribution in [2.75, 3.05) is 13.2 Å². The fourth-order valence-corrected chi connectivity index (χ4v) is 2.58. The normalized spacial score (nSPS) is 14.5. The molecule has 0 fully saturated rings. The van der Waals surface area contributed by atoms with Gasteiger partial charge in [-0.15, -0.1) is 0 Å². The number of imidazole rings is 1. The van der Waals surface area contributed by atoms with Crippen molar-refractivity contribution in [3.63, 3.8) is 0 Å². The Morgan fingerprint density at radius 2 is 2.33 bits per heavy atom. The third kappa shape index (κ3) is 2.10. The Morgan fingerprint density at radius 3 is 3.24 bits per heavy atom. The molecule has 0 atom stereocenters. The number of nitrogens with zero attached hydrogens (tertiary/aromatic N) is 3. The highest BCUT2D eigenvalue weighted by Crippen LogP contribution is 2.26. The molecule has 0 saturated carbocycles. The molecule has 0 radical (unpaired) electrons. The van der Waals surface area contributed by atoms with Gasteiger partial charge in [0.2, 0.25) is 0 Å². The number of pyridine rings is 1. The monoisotopic (exact) mass is 285 g/mol. The SMILES string of the molecule is NCCc1cc(-c2nc3c4c(ncc3[nH]2)CCOC4)no1. The first-order chi connectivity index (χ1) is 10.3. The minimum absolute atomic E-state index is 0.531. The minimum Gasteiger partial charge on any atom is -0.376 e. The summed E-state index contributed by atoms with van der Waals surface area (Å²) in [5.74, 6) is 1.44. The van der Waals surface area contributed by atoms with E-state index in [0.717, 1.165) is 34.5 Å². The van der Waals surface area contributed by atoms with E-state index in [0.29, 0.717) is 37.7 Å². The summed E-state index contributed by atoms with van der Waals surface area (Å²) in [4.78, 5) is 12.4. The molecule has 7 heteroatoms. The number of ether oxygens (including phenoxy) is 1. The molecule has 0 unspecified atom stereocenters. The van der Waals surface area contributed by atoms with E-state index in [9.17, 15) is 0 Å². The van der Waals surface area contributed by atoms with Crippen LogP contribution in [0.2, 0.25) is 0 Å². The van der Waals surface area contributed by atoms with Gasteiger partial charge in [-0.3, -0.25) is 4.98 Å². The van der Waals surface area contributed by atoms with Crippen LogP contribution in [0.5, 0.6) is 0 Å². The van der Waals surface area contributed by atoms with Crippen molar-refractivity contribution in [3.8, 4) is 11.5 Å². The highest BCUT2D eigenvalue weighted by atomic mass is 16.5. The van der Waals surface area contributed by atoms with Crippen molar-refractivity contribution >= 4 is 11.0 Å². The fourth-order valence-electron chi connectivity index (χ4n) is 2.58. The minimum atomic E-state index is 0.531. The Bertz CT molecular complexity index is 792. The Labute approximate surface area is 120 Å². The van der Waals surface area contributed by atoms with Gasteiger partial charge in [0.25, 0.3) is 0 Å². The number of fused-ring (bicyclic) bond motifs is 3. The second-order valence-corrected chi connectivity index (χ2v) is 5.05. The van der Waals surface area contributed by atoms with Crippen LogP contribution in [0.4, 0.5) is 0 Å². The third-order valence-electron chi connectivity index (χ3n) is 3.64. The summed E-state index contributed by atoms with van der Waals surface area (Å²) in [6.07, 6.45) is 3.31. The molecule has 4 heterocycles. The van der Waals surface area contributed by atoms with E-state index in [2.05, 4.69) is 20.1 Å². The van der Waals surface area contributed by atoms with Crippen LogP contribution >= 0.6 is 0 Å². The van der Waals surface area contributed by atoms with Gasteiger partial charge < -0.3 is 20.0 Å². The molecular weight excluding hydrogens is 270 g/mol. The van der Waals surface area contributed by atoms with Crippen molar-refractivity contribution in [1.82, 2.24) is 20.1 Å². The lowest BCUT2D eigenvalue weighted by Crippen LogP contribution is -2.11. The molecule has 0 amide bonds. The summed E-state index contributed by atoms with van der Waals surface area (Å²) in [5, 5.41) is 4.04. The highest BCUT2D eigenvalue weighted by molar-refractivity contribution is 5.81. The summed E-state index contributed by atoms with van der Waals surface area (Å²) < 4.78 is 10.8. The average molecular weight is 285 g/mol. The standard InChI is InChI=1S/C14H15N5O2/c15-3-1-8-5-11(19-21-8)14-17-12-6-16-10-2-4-20-7-9(10)13(12)18-14/h5-6H,1-4,7,15H2,(H,17,18). The van der Waals surface area contributed by atoms with Crippen molar-refractivity contribution in [1.29, 1.82) is 0 Å². The molecule has 3 N–H and O–H groups in total. The Balaban J connectivity index is 1.79. The fraction of sp³-hybridized carbons (Fsp3) is 0.357. The summed E-state index contributed by atoms with van der Waals surface area (Å²) in [6.45, 7) is 1.80. The Morgan fingerprint density at radius 1 is 1.38 bits per heavy atom. The second kappa shape index (κ2) is 4.94. The van der Waals surface area contributed by atoms with Gasteiger partial charge >= 0.3 is 0 Å². The van der Waals surface area contributed by atoms with E-state index in [1.54, 1.807) is 0 Å². The van der Waals surface area contributed by atoms with Crippen LogP contribution in [0.25, 0.3) is 22.6 Å². The summed E-state index contributed by atoms with van der Waals surface area (Å²) >= 11 is 0. The highest BCUT2D eigenvalue weighted by Gasteiger charge is 2.18. The van der Waals surface area contributed by atoms with Gasteiger partial charge in [-0.1, -0.05) is 5.16 Å². The van der Waals surface area contributed by atoms with E-state index in [1.807, 2.05) is 12.3 Å². The molecule has 0 aromatic carbocycles. The maximum absolute atomic E-state index is 5.51. The quantitative estimate of drug-likeness (QED) is 0.749. The van der Waals surface area contributed by atoms with Gasteiger partial charge in [-0.05, 0) is 6.54 Å². The third-order valence-corrected chi connectivity index (χ3v) is 3.64. The van der Waals surface area contributed by atoms with Gasteiger partial charge in [-0.2, -0.15) is 0 Å². The largest absolute Gasteiger partial charge is 0.376 e. The maximum atomic E-state index is 5.51. The predicted molar refractivity (Wildman–Crippen MR) is 75.5 cm³/mol. The van der Waals surface area contributed by atoms with Gasteiger partial charge in [-0.25, -0.2) is 4.98 Å². The molecule has 1 aliphatic heterocycles. The molecular formula is C14H15N5O2. The van der Waals surface area contributed by atoms with Crippen LogP contribution in [-0.4, -0.2) is 33.3 Å². The molecule has 0 saturated heterocycles. The summed E-state index contributed by atoms with van der Waals surface area (Å²) in [7, 11) is 0. The van der Waals surface area contributed by atoms with E-state index >= 15 is 0 Å². The van der Waals surface area contributed by atoms with Crippen molar-refractivity contribution in [3.05, 3.63) is 29.3 Å². The molecule has 108 valence electrons. The molecule has 4 rings (SSSR count). The Kier molecular flexibility index (Phi) is 2.94. The number of hydrogen-bond acceptors (Lipinski definition) is 6. The molecule has 21 heavy (non-hydrogen) atoms. The number of hydrogen-bond donors (Lipinski definition) is 2. The number of aromatic amines is 1. The van der Waals surface area contributed by atoms with E-state index < -0.39 is 0 Å². The zero-order valence-corrected chi connectivity index (χ0v) is 11.4. The number of nitrogens with two attached hydrogens (primary N) is 1. The summed E-state index contributed by atoms with van der Waals surface area (Å²) in [6, 6.07) is 1.86. The first-order valence-electron chi connectivity index (χ1n) is 6.95. The Hall–Kier alpha value is -2.25. The van der Waals surface area contributed by atoms with E-state index in [1.165, 1.54) is 0 Å². The number of H-pyrrole nitrogens is 1. The molecule has 1 aliphatic rings. The van der Waals surface area contributed by atoms with Crippen LogP contribution in [0.1, 0.15) is 17.0 Å². The van der Waals surface area contributed by atoms with Crippen molar-refractivity contribution in [2.45, 2.75) is 19.4 Å². The van der Waals surface area contributed by atoms with E-state index in [4.69, 9.17) is 15.0 Å². The van der Waals surface area contributed by atoms with Crippen LogP contribution in [0.15, 0.2) is 16.8 Å². The number of nitrogens with one attached hydrogen (secondary N) is 1. The van der Waals surface area contributed by atoms with Gasteiger partial charge in [0, 0.05) is 24.5 Å². The van der Waals surface area contributed by atoms with Crippen LogP contribution in [-0.2, 0) is 24.2 Å². The zero-order chi connectivity index (χ0) is 14.2. The summed E-state index contributed by atoms with van der Waals surface area (Å²) in [5.41, 5.74) is 10.1. The predicted octanol–water partition coefficient (Wildman–Crippen LogP) is 1.19. The zero-order valence-electron chi connectivity index (χ0n) is 11.4. The lowest BCUT2D eigenvalue weighted by molar-refractivity contribution is 0.110. The first kappa shape index (κ1) is 12.5. The average Bonchev–Trinajstić information content (AvgIpc) is 3.13. The molecule has 3 aromatic heterocycles. The van der Waals surface area contributed by atoms with Gasteiger partial charge in [0.15, 0.2) is 5.82 Å². The second-order valence-electron chi connectivity index (χ2n) is 5.05. The smallest absolute Gasteiger partial charge is 0.160 e. The molecule has 0 spiro atoms. The molecule has 7 nitrogen and oxygen atoms in total. The van der Waals surface area contributed by atoms with Crippen LogP contribution in [0, 0.1) is 0 Å².